The van der Waals surface area contributed by atoms with Gasteiger partial charge in [-0.25, -0.2) is 0 Å². The van der Waals surface area contributed by atoms with Gasteiger partial charge in [-0.3, -0.25) is 0 Å². The first kappa shape index (κ1) is 9.55. The minimum atomic E-state index is 0.727. The lowest BCUT2D eigenvalue weighted by Gasteiger charge is -1.99. The van der Waals surface area contributed by atoms with Gasteiger partial charge < -0.3 is 9.84 Å². The van der Waals surface area contributed by atoms with Crippen LogP contribution >= 0.6 is 22.9 Å². The van der Waals surface area contributed by atoms with Gasteiger partial charge >= 0.3 is 0 Å². The molecule has 0 atom stereocenters. The standard InChI is InChI=1S/C9H9ClN2OS/c1-6-4-13-12-9(6)11-3-8-2-7(10)5-14-8/h2,4-5H,3H2,1H3,(H,11,12). The average molecular weight is 229 g/mol. The van der Waals surface area contributed by atoms with Crippen molar-refractivity contribution in [3.05, 3.63) is 33.2 Å². The summed E-state index contributed by atoms with van der Waals surface area (Å²) < 4.78 is 4.80. The van der Waals surface area contributed by atoms with Crippen molar-refractivity contribution in [3.8, 4) is 0 Å². The van der Waals surface area contributed by atoms with Crippen LogP contribution in [0.4, 0.5) is 5.82 Å². The Morgan fingerprint density at radius 1 is 1.64 bits per heavy atom. The van der Waals surface area contributed by atoms with Crippen LogP contribution in [-0.4, -0.2) is 5.16 Å². The lowest BCUT2D eigenvalue weighted by Crippen LogP contribution is -1.98. The first-order valence-corrected chi connectivity index (χ1v) is 5.39. The summed E-state index contributed by atoms with van der Waals surface area (Å²) in [5.74, 6) is 0.787. The monoisotopic (exact) mass is 228 g/mol. The van der Waals surface area contributed by atoms with Crippen molar-refractivity contribution in [2.45, 2.75) is 13.5 Å². The Balaban J connectivity index is 1.98. The van der Waals surface area contributed by atoms with Gasteiger partial charge in [0.1, 0.15) is 6.26 Å². The molecule has 0 fully saturated rings. The zero-order valence-corrected chi connectivity index (χ0v) is 9.15. The number of hydrogen-bond acceptors (Lipinski definition) is 4. The second-order valence-corrected chi connectivity index (χ2v) is 4.36. The summed E-state index contributed by atoms with van der Waals surface area (Å²) in [6.07, 6.45) is 1.61. The number of nitrogens with zero attached hydrogens (tertiary/aromatic N) is 1. The Hall–Kier alpha value is -1.000. The number of aromatic nitrogens is 1. The molecule has 0 aromatic carbocycles. The molecule has 2 rings (SSSR count). The number of hydrogen-bond donors (Lipinski definition) is 1. The van der Waals surface area contributed by atoms with E-state index in [1.54, 1.807) is 17.6 Å². The molecule has 0 saturated carbocycles. The van der Waals surface area contributed by atoms with Gasteiger partial charge in [0.25, 0.3) is 0 Å². The maximum Gasteiger partial charge on any atom is 0.172 e. The van der Waals surface area contributed by atoms with Gasteiger partial charge in [0.15, 0.2) is 5.82 Å². The van der Waals surface area contributed by atoms with Crippen molar-refractivity contribution in [2.75, 3.05) is 5.32 Å². The molecule has 0 spiro atoms. The van der Waals surface area contributed by atoms with Gasteiger partial charge in [-0.15, -0.1) is 11.3 Å². The molecule has 2 aromatic rings. The Kier molecular flexibility index (Phi) is 2.74. The predicted molar refractivity (Wildman–Crippen MR) is 57.9 cm³/mol. The number of rotatable bonds is 3. The highest BCUT2D eigenvalue weighted by Crippen LogP contribution is 2.20. The van der Waals surface area contributed by atoms with Crippen molar-refractivity contribution in [1.82, 2.24) is 5.16 Å². The normalized spacial score (nSPS) is 10.4. The quantitative estimate of drug-likeness (QED) is 0.876. The van der Waals surface area contributed by atoms with E-state index in [4.69, 9.17) is 16.1 Å². The second kappa shape index (κ2) is 4.02. The number of thiophene rings is 1. The number of nitrogens with one attached hydrogen (secondary N) is 1. The Morgan fingerprint density at radius 3 is 3.07 bits per heavy atom. The highest BCUT2D eigenvalue weighted by molar-refractivity contribution is 7.10. The molecule has 0 bridgehead atoms. The highest BCUT2D eigenvalue weighted by atomic mass is 35.5. The molecule has 0 radical (unpaired) electrons. The molecule has 0 amide bonds. The maximum atomic E-state index is 5.80. The third-order valence-corrected chi connectivity index (χ3v) is 3.08. The van der Waals surface area contributed by atoms with E-state index in [9.17, 15) is 0 Å². The van der Waals surface area contributed by atoms with Gasteiger partial charge in [-0.1, -0.05) is 16.8 Å². The van der Waals surface area contributed by atoms with E-state index in [0.717, 1.165) is 22.9 Å². The van der Waals surface area contributed by atoms with Gasteiger partial charge in [0, 0.05) is 15.8 Å². The molecule has 3 nitrogen and oxygen atoms in total. The third kappa shape index (κ3) is 2.08. The van der Waals surface area contributed by atoms with E-state index < -0.39 is 0 Å². The first-order valence-electron chi connectivity index (χ1n) is 4.13. The summed E-state index contributed by atoms with van der Waals surface area (Å²) in [6.45, 7) is 2.67. The molecule has 0 aliphatic carbocycles. The van der Waals surface area contributed by atoms with Gasteiger partial charge in [-0.05, 0) is 13.0 Å². The highest BCUT2D eigenvalue weighted by Gasteiger charge is 2.03. The SMILES string of the molecule is Cc1conc1NCc1cc(Cl)cs1. The van der Waals surface area contributed by atoms with E-state index in [0.29, 0.717) is 0 Å². The Labute approximate surface area is 90.7 Å². The van der Waals surface area contributed by atoms with Crippen molar-refractivity contribution in [3.63, 3.8) is 0 Å². The van der Waals surface area contributed by atoms with Gasteiger partial charge in [-0.2, -0.15) is 0 Å². The van der Waals surface area contributed by atoms with E-state index in [2.05, 4.69) is 10.5 Å². The molecule has 2 heterocycles. The molecular weight excluding hydrogens is 220 g/mol. The minimum absolute atomic E-state index is 0.727. The molecule has 1 N–H and O–H groups in total. The topological polar surface area (TPSA) is 38.1 Å². The van der Waals surface area contributed by atoms with E-state index in [1.807, 2.05) is 18.4 Å². The Bertz CT molecular complexity index is 424. The maximum absolute atomic E-state index is 5.80. The van der Waals surface area contributed by atoms with Crippen LogP contribution in [-0.2, 0) is 6.54 Å². The fourth-order valence-electron chi connectivity index (χ4n) is 1.07. The smallest absolute Gasteiger partial charge is 0.172 e. The summed E-state index contributed by atoms with van der Waals surface area (Å²) >= 11 is 7.43. The zero-order valence-electron chi connectivity index (χ0n) is 7.58. The summed E-state index contributed by atoms with van der Waals surface area (Å²) in [4.78, 5) is 1.18. The van der Waals surface area contributed by atoms with Gasteiger partial charge in [0.05, 0.1) is 11.6 Å². The van der Waals surface area contributed by atoms with Crippen LogP contribution in [0.25, 0.3) is 0 Å². The molecule has 5 heteroatoms. The van der Waals surface area contributed by atoms with Crippen molar-refractivity contribution in [1.29, 1.82) is 0 Å². The van der Waals surface area contributed by atoms with Crippen LogP contribution < -0.4 is 5.32 Å². The molecule has 74 valence electrons. The first-order chi connectivity index (χ1) is 6.75. The van der Waals surface area contributed by atoms with E-state index in [-0.39, 0.29) is 0 Å². The molecule has 0 aliphatic heterocycles. The lowest BCUT2D eigenvalue weighted by molar-refractivity contribution is 0.421. The van der Waals surface area contributed by atoms with Crippen LogP contribution in [0.2, 0.25) is 5.02 Å². The van der Waals surface area contributed by atoms with Crippen LogP contribution in [0.15, 0.2) is 22.2 Å². The second-order valence-electron chi connectivity index (χ2n) is 2.93. The Morgan fingerprint density at radius 2 is 2.50 bits per heavy atom. The fraction of sp³-hybridized carbons (Fsp3) is 0.222. The molecule has 0 aliphatic rings. The molecule has 0 unspecified atom stereocenters. The number of anilines is 1. The molecule has 14 heavy (non-hydrogen) atoms. The van der Waals surface area contributed by atoms with Crippen LogP contribution in [0, 0.1) is 6.92 Å². The molecule has 2 aromatic heterocycles. The van der Waals surface area contributed by atoms with Crippen LogP contribution in [0.1, 0.15) is 10.4 Å². The lowest BCUT2D eigenvalue weighted by atomic mass is 10.4. The zero-order chi connectivity index (χ0) is 9.97. The largest absolute Gasteiger partial charge is 0.362 e. The van der Waals surface area contributed by atoms with E-state index >= 15 is 0 Å². The minimum Gasteiger partial charge on any atom is -0.362 e. The summed E-state index contributed by atoms with van der Waals surface area (Å²) in [5.41, 5.74) is 1.01. The predicted octanol–water partition coefficient (Wildman–Crippen LogP) is 3.31. The van der Waals surface area contributed by atoms with Crippen LogP contribution in [0.3, 0.4) is 0 Å². The van der Waals surface area contributed by atoms with Crippen molar-refractivity contribution < 1.29 is 4.52 Å². The summed E-state index contributed by atoms with van der Waals surface area (Å²) in [7, 11) is 0. The fourth-order valence-corrected chi connectivity index (χ4v) is 2.09. The van der Waals surface area contributed by atoms with E-state index in [1.165, 1.54) is 4.88 Å². The molecule has 0 saturated heterocycles. The molecular formula is C9H9ClN2OS. The van der Waals surface area contributed by atoms with Crippen molar-refractivity contribution in [2.24, 2.45) is 0 Å². The van der Waals surface area contributed by atoms with Crippen LogP contribution in [0.5, 0.6) is 0 Å². The van der Waals surface area contributed by atoms with Gasteiger partial charge in [0.2, 0.25) is 0 Å². The summed E-state index contributed by atoms with van der Waals surface area (Å²) in [5, 5.41) is 9.68. The van der Waals surface area contributed by atoms with Crippen molar-refractivity contribution >= 4 is 28.8 Å². The number of aryl methyl sites for hydroxylation is 1. The average Bonchev–Trinajstić information content (AvgIpc) is 2.72. The summed E-state index contributed by atoms with van der Waals surface area (Å²) in [6, 6.07) is 1.94. The third-order valence-electron chi connectivity index (χ3n) is 1.80. The number of halogens is 1.